The highest BCUT2D eigenvalue weighted by Gasteiger charge is 2.17. The van der Waals surface area contributed by atoms with Crippen LogP contribution in [0.3, 0.4) is 0 Å². The van der Waals surface area contributed by atoms with Crippen LogP contribution in [-0.2, 0) is 4.74 Å². The van der Waals surface area contributed by atoms with E-state index in [-0.39, 0.29) is 0 Å². The molecule has 0 radical (unpaired) electrons. The van der Waals surface area contributed by atoms with Gasteiger partial charge in [-0.1, -0.05) is 60.2 Å². The summed E-state index contributed by atoms with van der Waals surface area (Å²) in [5.74, 6) is 1.65. The minimum Gasteiger partial charge on any atom is -0.378 e. The molecule has 0 amide bonds. The van der Waals surface area contributed by atoms with Crippen molar-refractivity contribution in [2.24, 2.45) is 0 Å². The van der Waals surface area contributed by atoms with E-state index >= 15 is 0 Å². The standard InChI is InChI=1S/C26H24N4O/c1-19-7-9-20(10-8-19)22-15-23(18-27-17-22)24-16-25(30-11-13-31-14-12-30)29-26(28-24)21-5-3-2-4-6-21/h2-10,15-18H,11-14H2,1H3. The smallest absolute Gasteiger partial charge is 0.162 e. The highest BCUT2D eigenvalue weighted by molar-refractivity contribution is 5.73. The van der Waals surface area contributed by atoms with Gasteiger partial charge in [-0.2, -0.15) is 0 Å². The molecule has 0 spiro atoms. The van der Waals surface area contributed by atoms with Crippen LogP contribution in [0.1, 0.15) is 5.56 Å². The van der Waals surface area contributed by atoms with Gasteiger partial charge in [0, 0.05) is 48.2 Å². The molecule has 0 atom stereocenters. The zero-order valence-electron chi connectivity index (χ0n) is 17.5. The Morgan fingerprint density at radius 3 is 2.26 bits per heavy atom. The molecule has 0 aliphatic carbocycles. The summed E-state index contributed by atoms with van der Waals surface area (Å²) >= 11 is 0. The number of morpholine rings is 1. The third-order valence-corrected chi connectivity index (χ3v) is 5.50. The summed E-state index contributed by atoms with van der Waals surface area (Å²) in [6.07, 6.45) is 3.77. The lowest BCUT2D eigenvalue weighted by molar-refractivity contribution is 0.122. The molecule has 2 aromatic carbocycles. The molecule has 0 unspecified atom stereocenters. The molecule has 5 heteroatoms. The molecule has 5 nitrogen and oxygen atoms in total. The summed E-state index contributed by atoms with van der Waals surface area (Å²) in [5, 5.41) is 0. The molecule has 1 aliphatic heterocycles. The van der Waals surface area contributed by atoms with E-state index in [2.05, 4.69) is 53.2 Å². The zero-order valence-corrected chi connectivity index (χ0v) is 17.5. The van der Waals surface area contributed by atoms with Crippen LogP contribution < -0.4 is 4.90 Å². The monoisotopic (exact) mass is 408 g/mol. The Kier molecular flexibility index (Phi) is 5.42. The highest BCUT2D eigenvalue weighted by atomic mass is 16.5. The molecule has 2 aromatic heterocycles. The predicted molar refractivity (Wildman–Crippen MR) is 124 cm³/mol. The van der Waals surface area contributed by atoms with Gasteiger partial charge in [0.2, 0.25) is 0 Å². The minimum atomic E-state index is 0.713. The number of pyridine rings is 1. The lowest BCUT2D eigenvalue weighted by Crippen LogP contribution is -2.36. The van der Waals surface area contributed by atoms with E-state index in [4.69, 9.17) is 14.7 Å². The van der Waals surface area contributed by atoms with E-state index in [1.807, 2.05) is 42.7 Å². The molecule has 0 saturated carbocycles. The Labute approximate surface area is 182 Å². The van der Waals surface area contributed by atoms with E-state index in [9.17, 15) is 0 Å². The van der Waals surface area contributed by atoms with Crippen LogP contribution in [0.4, 0.5) is 5.82 Å². The SMILES string of the molecule is Cc1ccc(-c2cncc(-c3cc(N4CCOCC4)nc(-c4ccccc4)n3)c2)cc1. The Hall–Kier alpha value is -3.57. The summed E-state index contributed by atoms with van der Waals surface area (Å²) in [6, 6.07) is 22.8. The van der Waals surface area contributed by atoms with Crippen molar-refractivity contribution in [3.8, 4) is 33.8 Å². The molecular weight excluding hydrogens is 384 g/mol. The molecule has 0 bridgehead atoms. The lowest BCUT2D eigenvalue weighted by atomic mass is 10.0. The van der Waals surface area contributed by atoms with Gasteiger partial charge in [-0.25, -0.2) is 9.97 Å². The fourth-order valence-corrected chi connectivity index (χ4v) is 3.74. The second-order valence-electron chi connectivity index (χ2n) is 7.73. The molecule has 1 saturated heterocycles. The van der Waals surface area contributed by atoms with Crippen molar-refractivity contribution >= 4 is 5.82 Å². The van der Waals surface area contributed by atoms with Gasteiger partial charge < -0.3 is 9.64 Å². The summed E-state index contributed by atoms with van der Waals surface area (Å²) in [5.41, 5.74) is 6.31. The van der Waals surface area contributed by atoms with Crippen molar-refractivity contribution in [2.45, 2.75) is 6.92 Å². The first kappa shape index (κ1) is 19.4. The van der Waals surface area contributed by atoms with Crippen molar-refractivity contribution in [1.29, 1.82) is 0 Å². The van der Waals surface area contributed by atoms with Crippen LogP contribution in [0.5, 0.6) is 0 Å². The quantitative estimate of drug-likeness (QED) is 0.475. The van der Waals surface area contributed by atoms with Crippen LogP contribution in [0.2, 0.25) is 0 Å². The van der Waals surface area contributed by atoms with Crippen molar-refractivity contribution < 1.29 is 4.74 Å². The van der Waals surface area contributed by atoms with E-state index in [0.717, 1.165) is 52.7 Å². The van der Waals surface area contributed by atoms with Gasteiger partial charge in [0.05, 0.1) is 18.9 Å². The van der Waals surface area contributed by atoms with Crippen molar-refractivity contribution in [2.75, 3.05) is 31.2 Å². The summed E-state index contributed by atoms with van der Waals surface area (Å²) < 4.78 is 5.53. The fraction of sp³-hybridized carbons (Fsp3) is 0.192. The average molecular weight is 409 g/mol. The maximum absolute atomic E-state index is 5.53. The van der Waals surface area contributed by atoms with Gasteiger partial charge in [0.1, 0.15) is 5.82 Å². The Bertz CT molecular complexity index is 1170. The average Bonchev–Trinajstić information content (AvgIpc) is 2.85. The van der Waals surface area contributed by atoms with E-state index in [1.54, 1.807) is 0 Å². The topological polar surface area (TPSA) is 51.1 Å². The van der Waals surface area contributed by atoms with Crippen LogP contribution in [0.15, 0.2) is 79.1 Å². The first-order chi connectivity index (χ1) is 15.3. The second kappa shape index (κ2) is 8.66. The van der Waals surface area contributed by atoms with Gasteiger partial charge in [-0.15, -0.1) is 0 Å². The van der Waals surface area contributed by atoms with Crippen LogP contribution in [-0.4, -0.2) is 41.3 Å². The predicted octanol–water partition coefficient (Wildman–Crippen LogP) is 5.02. The largest absolute Gasteiger partial charge is 0.378 e. The van der Waals surface area contributed by atoms with Gasteiger partial charge >= 0.3 is 0 Å². The summed E-state index contributed by atoms with van der Waals surface area (Å²) in [6.45, 7) is 5.17. The molecule has 5 rings (SSSR count). The van der Waals surface area contributed by atoms with Crippen LogP contribution in [0.25, 0.3) is 33.8 Å². The van der Waals surface area contributed by atoms with Crippen LogP contribution >= 0.6 is 0 Å². The van der Waals surface area contributed by atoms with Gasteiger partial charge in [-0.3, -0.25) is 4.98 Å². The van der Waals surface area contributed by atoms with Gasteiger partial charge in [0.25, 0.3) is 0 Å². The van der Waals surface area contributed by atoms with Crippen molar-refractivity contribution in [3.63, 3.8) is 0 Å². The number of hydrogen-bond acceptors (Lipinski definition) is 5. The fourth-order valence-electron chi connectivity index (χ4n) is 3.74. The zero-order chi connectivity index (χ0) is 21.0. The van der Waals surface area contributed by atoms with Crippen molar-refractivity contribution in [1.82, 2.24) is 15.0 Å². The number of aromatic nitrogens is 3. The normalized spacial score (nSPS) is 13.9. The molecule has 1 aliphatic rings. The lowest BCUT2D eigenvalue weighted by Gasteiger charge is -2.28. The maximum atomic E-state index is 5.53. The molecule has 4 aromatic rings. The highest BCUT2D eigenvalue weighted by Crippen LogP contribution is 2.29. The number of aryl methyl sites for hydroxylation is 1. The Balaban J connectivity index is 1.59. The first-order valence-electron chi connectivity index (χ1n) is 10.6. The minimum absolute atomic E-state index is 0.713. The number of ether oxygens (including phenoxy) is 1. The van der Waals surface area contributed by atoms with Crippen molar-refractivity contribution in [3.05, 3.63) is 84.7 Å². The van der Waals surface area contributed by atoms with E-state index in [0.29, 0.717) is 13.2 Å². The number of nitrogens with zero attached hydrogens (tertiary/aromatic N) is 4. The third kappa shape index (κ3) is 4.32. The number of rotatable bonds is 4. The maximum Gasteiger partial charge on any atom is 0.162 e. The van der Waals surface area contributed by atoms with Crippen LogP contribution in [0, 0.1) is 6.92 Å². The van der Waals surface area contributed by atoms with E-state index in [1.165, 1.54) is 5.56 Å². The number of anilines is 1. The van der Waals surface area contributed by atoms with E-state index < -0.39 is 0 Å². The number of hydrogen-bond donors (Lipinski definition) is 0. The molecule has 31 heavy (non-hydrogen) atoms. The summed E-state index contributed by atoms with van der Waals surface area (Å²) in [7, 11) is 0. The van der Waals surface area contributed by atoms with Gasteiger partial charge in [0.15, 0.2) is 5.82 Å². The van der Waals surface area contributed by atoms with Gasteiger partial charge in [-0.05, 0) is 18.6 Å². The Morgan fingerprint density at radius 2 is 1.48 bits per heavy atom. The molecule has 0 N–H and O–H groups in total. The molecular formula is C26H24N4O. The molecule has 3 heterocycles. The second-order valence-corrected chi connectivity index (χ2v) is 7.73. The molecule has 1 fully saturated rings. The third-order valence-electron chi connectivity index (χ3n) is 5.50. The molecule has 154 valence electrons. The first-order valence-corrected chi connectivity index (χ1v) is 10.6. The Morgan fingerprint density at radius 1 is 0.742 bits per heavy atom. The summed E-state index contributed by atoms with van der Waals surface area (Å²) in [4.78, 5) is 16.6. The number of benzene rings is 2.